The number of phenols is 1. The number of hydrogen-bond acceptors (Lipinski definition) is 5. The summed E-state index contributed by atoms with van der Waals surface area (Å²) in [5, 5.41) is 9.83. The molecule has 1 aliphatic rings. The predicted octanol–water partition coefficient (Wildman–Crippen LogP) is 1.000. The number of rotatable bonds is 2. The Labute approximate surface area is 117 Å². The van der Waals surface area contributed by atoms with Gasteiger partial charge < -0.3 is 20.5 Å². The highest BCUT2D eigenvalue weighted by atomic mass is 16.5. The van der Waals surface area contributed by atoms with Gasteiger partial charge in [-0.25, -0.2) is 0 Å². The molecule has 1 saturated heterocycles. The number of aromatic hydroxyl groups is 1. The largest absolute Gasteiger partial charge is 0.505 e. The molecule has 1 aromatic carbocycles. The second-order valence-electron chi connectivity index (χ2n) is 4.83. The Morgan fingerprint density at radius 1 is 1.35 bits per heavy atom. The third kappa shape index (κ3) is 2.68. The minimum absolute atomic E-state index is 0.154. The zero-order chi connectivity index (χ0) is 14.7. The summed E-state index contributed by atoms with van der Waals surface area (Å²) in [6, 6.07) is 4.71. The Morgan fingerprint density at radius 2 is 2.00 bits per heavy atom. The number of ether oxygens (including phenoxy) is 1. The minimum atomic E-state index is -0.266. The van der Waals surface area contributed by atoms with Gasteiger partial charge in [-0.2, -0.15) is 0 Å². The summed E-state index contributed by atoms with van der Waals surface area (Å²) in [7, 11) is 1.37. The number of anilines is 1. The maximum absolute atomic E-state index is 12.3. The number of nitrogens with two attached hydrogens (primary N) is 1. The van der Waals surface area contributed by atoms with E-state index in [4.69, 9.17) is 10.5 Å². The molecule has 6 nitrogen and oxygen atoms in total. The molecule has 1 fully saturated rings. The van der Waals surface area contributed by atoms with Crippen LogP contribution < -0.4 is 5.73 Å². The van der Waals surface area contributed by atoms with Crippen LogP contribution in [0.5, 0.6) is 5.75 Å². The van der Waals surface area contributed by atoms with Gasteiger partial charge in [0.1, 0.15) is 0 Å². The minimum Gasteiger partial charge on any atom is -0.505 e. The fraction of sp³-hybridized carbons (Fsp3) is 0.429. The molecule has 1 amide bonds. The van der Waals surface area contributed by atoms with Gasteiger partial charge in [0, 0.05) is 13.1 Å². The molecule has 0 aromatic heterocycles. The van der Waals surface area contributed by atoms with E-state index in [1.807, 2.05) is 0 Å². The predicted molar refractivity (Wildman–Crippen MR) is 73.2 cm³/mol. The molecular formula is C14H18N2O4. The van der Waals surface area contributed by atoms with Gasteiger partial charge in [0.15, 0.2) is 5.75 Å². The summed E-state index contributed by atoms with van der Waals surface area (Å²) in [5.41, 5.74) is 5.96. The van der Waals surface area contributed by atoms with E-state index in [-0.39, 0.29) is 34.8 Å². The first kappa shape index (κ1) is 14.2. The van der Waals surface area contributed by atoms with Crippen LogP contribution in [0.15, 0.2) is 18.2 Å². The average Bonchev–Trinajstić information content (AvgIpc) is 2.48. The maximum Gasteiger partial charge on any atom is 0.308 e. The van der Waals surface area contributed by atoms with Crippen molar-refractivity contribution in [3.05, 3.63) is 23.8 Å². The summed E-state index contributed by atoms with van der Waals surface area (Å²) in [6.07, 6.45) is 1.14. The molecule has 1 heterocycles. The lowest BCUT2D eigenvalue weighted by molar-refractivity contribution is -0.146. The van der Waals surface area contributed by atoms with Crippen molar-refractivity contribution < 1.29 is 19.4 Å². The second kappa shape index (κ2) is 5.81. The van der Waals surface area contributed by atoms with Crippen LogP contribution in [0.2, 0.25) is 0 Å². The lowest BCUT2D eigenvalue weighted by atomic mass is 9.96. The van der Waals surface area contributed by atoms with Crippen LogP contribution in [-0.2, 0) is 9.53 Å². The fourth-order valence-corrected chi connectivity index (χ4v) is 2.39. The van der Waals surface area contributed by atoms with Gasteiger partial charge in [-0.3, -0.25) is 9.59 Å². The molecule has 0 saturated carbocycles. The molecule has 2 rings (SSSR count). The number of amides is 1. The third-order valence-corrected chi connectivity index (χ3v) is 3.61. The molecule has 0 atom stereocenters. The molecular weight excluding hydrogens is 260 g/mol. The monoisotopic (exact) mass is 278 g/mol. The molecule has 0 unspecified atom stereocenters. The number of esters is 1. The summed E-state index contributed by atoms with van der Waals surface area (Å²) in [4.78, 5) is 25.4. The first-order valence-corrected chi connectivity index (χ1v) is 6.49. The van der Waals surface area contributed by atoms with Crippen LogP contribution >= 0.6 is 0 Å². The second-order valence-corrected chi connectivity index (χ2v) is 4.83. The topological polar surface area (TPSA) is 92.9 Å². The van der Waals surface area contributed by atoms with Gasteiger partial charge in [0.25, 0.3) is 5.91 Å². The number of phenolic OH excluding ortho intramolecular Hbond substituents is 1. The number of para-hydroxylation sites is 1. The van der Waals surface area contributed by atoms with E-state index in [0.717, 1.165) is 0 Å². The first-order valence-electron chi connectivity index (χ1n) is 6.49. The zero-order valence-corrected chi connectivity index (χ0v) is 11.3. The van der Waals surface area contributed by atoms with Crippen LogP contribution in [0.1, 0.15) is 23.2 Å². The van der Waals surface area contributed by atoms with Gasteiger partial charge >= 0.3 is 5.97 Å². The lowest BCUT2D eigenvalue weighted by Gasteiger charge is -2.30. The Morgan fingerprint density at radius 3 is 2.60 bits per heavy atom. The molecule has 0 radical (unpaired) electrons. The highest BCUT2D eigenvalue weighted by Gasteiger charge is 2.29. The van der Waals surface area contributed by atoms with Gasteiger partial charge in [-0.15, -0.1) is 0 Å². The number of methoxy groups -OCH3 is 1. The number of nitrogens with zero attached hydrogens (tertiary/aromatic N) is 1. The van der Waals surface area contributed by atoms with Crippen molar-refractivity contribution in [1.29, 1.82) is 0 Å². The number of likely N-dealkylation sites (tertiary alicyclic amines) is 1. The first-order chi connectivity index (χ1) is 9.54. The van der Waals surface area contributed by atoms with Crippen molar-refractivity contribution in [2.45, 2.75) is 12.8 Å². The number of hydrogen-bond donors (Lipinski definition) is 2. The van der Waals surface area contributed by atoms with Crippen molar-refractivity contribution >= 4 is 17.6 Å². The van der Waals surface area contributed by atoms with Crippen LogP contribution in [0.3, 0.4) is 0 Å². The Bertz CT molecular complexity index is 522. The third-order valence-electron chi connectivity index (χ3n) is 3.61. The van der Waals surface area contributed by atoms with Gasteiger partial charge in [0.05, 0.1) is 24.3 Å². The van der Waals surface area contributed by atoms with E-state index in [1.165, 1.54) is 13.2 Å². The molecule has 0 aliphatic carbocycles. The van der Waals surface area contributed by atoms with E-state index in [0.29, 0.717) is 25.9 Å². The van der Waals surface area contributed by atoms with E-state index in [2.05, 4.69) is 0 Å². The summed E-state index contributed by atoms with van der Waals surface area (Å²) in [6.45, 7) is 0.930. The smallest absolute Gasteiger partial charge is 0.308 e. The molecule has 1 aliphatic heterocycles. The molecule has 0 bridgehead atoms. The molecule has 6 heteroatoms. The fourth-order valence-electron chi connectivity index (χ4n) is 2.39. The van der Waals surface area contributed by atoms with Crippen molar-refractivity contribution in [3.63, 3.8) is 0 Å². The van der Waals surface area contributed by atoms with Crippen molar-refractivity contribution in [1.82, 2.24) is 4.90 Å². The van der Waals surface area contributed by atoms with E-state index < -0.39 is 0 Å². The highest BCUT2D eigenvalue weighted by Crippen LogP contribution is 2.27. The van der Waals surface area contributed by atoms with Crippen LogP contribution in [0.4, 0.5) is 5.69 Å². The summed E-state index contributed by atoms with van der Waals surface area (Å²) in [5.74, 6) is -0.840. The van der Waals surface area contributed by atoms with Crippen molar-refractivity contribution in [2.24, 2.45) is 5.92 Å². The van der Waals surface area contributed by atoms with Crippen LogP contribution in [0, 0.1) is 5.92 Å². The Hall–Kier alpha value is -2.24. The molecule has 20 heavy (non-hydrogen) atoms. The number of piperidine rings is 1. The Kier molecular flexibility index (Phi) is 4.12. The van der Waals surface area contributed by atoms with E-state index in [1.54, 1.807) is 17.0 Å². The van der Waals surface area contributed by atoms with E-state index >= 15 is 0 Å². The van der Waals surface area contributed by atoms with Crippen molar-refractivity contribution in [2.75, 3.05) is 25.9 Å². The maximum atomic E-state index is 12.3. The van der Waals surface area contributed by atoms with E-state index in [9.17, 15) is 14.7 Å². The summed E-state index contributed by atoms with van der Waals surface area (Å²) < 4.78 is 4.71. The SMILES string of the molecule is COC(=O)C1CCN(C(=O)c2cccc(N)c2O)CC1. The summed E-state index contributed by atoms with van der Waals surface area (Å²) >= 11 is 0. The van der Waals surface area contributed by atoms with Crippen molar-refractivity contribution in [3.8, 4) is 5.75 Å². The zero-order valence-electron chi connectivity index (χ0n) is 11.3. The molecule has 0 spiro atoms. The quantitative estimate of drug-likeness (QED) is 0.478. The Balaban J connectivity index is 2.05. The number of carbonyl (C=O) groups is 2. The molecule has 1 aromatic rings. The standard InChI is InChI=1S/C14H18N2O4/c1-20-14(19)9-5-7-16(8-6-9)13(18)10-3-2-4-11(15)12(10)17/h2-4,9,17H,5-8,15H2,1H3. The van der Waals surface area contributed by atoms with Crippen LogP contribution in [0.25, 0.3) is 0 Å². The normalized spacial score (nSPS) is 15.9. The average molecular weight is 278 g/mol. The van der Waals surface area contributed by atoms with Gasteiger partial charge in [-0.05, 0) is 25.0 Å². The van der Waals surface area contributed by atoms with Crippen LogP contribution in [-0.4, -0.2) is 42.1 Å². The lowest BCUT2D eigenvalue weighted by Crippen LogP contribution is -2.40. The molecule has 108 valence electrons. The number of nitrogen functional groups attached to an aromatic ring is 1. The van der Waals surface area contributed by atoms with Gasteiger partial charge in [-0.1, -0.05) is 6.07 Å². The molecule has 3 N–H and O–H groups in total. The number of benzene rings is 1. The number of carbonyl (C=O) groups excluding carboxylic acids is 2. The highest BCUT2D eigenvalue weighted by molar-refractivity contribution is 5.98. The van der Waals surface area contributed by atoms with Gasteiger partial charge in [0.2, 0.25) is 0 Å².